The van der Waals surface area contributed by atoms with Crippen molar-refractivity contribution in [3.05, 3.63) is 41.3 Å². The summed E-state index contributed by atoms with van der Waals surface area (Å²) in [6, 6.07) is 5.81. The van der Waals surface area contributed by atoms with Gasteiger partial charge in [-0.1, -0.05) is 11.6 Å². The van der Waals surface area contributed by atoms with Crippen LogP contribution in [-0.4, -0.2) is 19.9 Å². The number of fused-ring (bicyclic) bond motifs is 1. The number of nitrogens with one attached hydrogen (secondary N) is 1. The molecule has 0 saturated carbocycles. The van der Waals surface area contributed by atoms with Gasteiger partial charge in [0.15, 0.2) is 5.65 Å². The maximum absolute atomic E-state index is 6.03. The third-order valence-electron chi connectivity index (χ3n) is 2.48. The number of aryl methyl sites for hydroxylation is 1. The number of rotatable bonds is 1. The lowest BCUT2D eigenvalue weighted by atomic mass is 10.1. The van der Waals surface area contributed by atoms with Gasteiger partial charge < -0.3 is 4.98 Å². The Morgan fingerprint density at radius 1 is 1.24 bits per heavy atom. The number of hydrogen-bond donors (Lipinski definition) is 1. The van der Waals surface area contributed by atoms with Crippen LogP contribution in [-0.2, 0) is 0 Å². The molecule has 0 spiro atoms. The van der Waals surface area contributed by atoms with Crippen LogP contribution in [0.3, 0.4) is 0 Å². The van der Waals surface area contributed by atoms with Crippen molar-refractivity contribution in [1.29, 1.82) is 0 Å². The number of H-pyrrole nitrogens is 1. The Hall–Kier alpha value is -1.94. The lowest BCUT2D eigenvalue weighted by Gasteiger charge is -1.99. The fourth-order valence-corrected chi connectivity index (χ4v) is 2.06. The molecule has 0 amide bonds. The Kier molecular flexibility index (Phi) is 2.30. The van der Waals surface area contributed by atoms with E-state index >= 15 is 0 Å². The summed E-state index contributed by atoms with van der Waals surface area (Å²) in [4.78, 5) is 15.6. The Labute approximate surface area is 103 Å². The zero-order valence-electron chi connectivity index (χ0n) is 9.11. The fourth-order valence-electron chi connectivity index (χ4n) is 1.77. The van der Waals surface area contributed by atoms with Crippen molar-refractivity contribution in [2.45, 2.75) is 6.92 Å². The molecule has 3 rings (SSSR count). The minimum Gasteiger partial charge on any atom is -0.335 e. The average molecular weight is 245 g/mol. The van der Waals surface area contributed by atoms with Crippen molar-refractivity contribution < 1.29 is 0 Å². The molecule has 4 nitrogen and oxygen atoms in total. The normalized spacial score (nSPS) is 10.9. The predicted octanol–water partition coefficient (Wildman–Crippen LogP) is 2.98. The second kappa shape index (κ2) is 3.82. The number of aromatic nitrogens is 4. The molecule has 5 heteroatoms. The molecular formula is C12H9ClN4. The lowest BCUT2D eigenvalue weighted by Crippen LogP contribution is -1.82. The van der Waals surface area contributed by atoms with Crippen molar-refractivity contribution in [3.8, 4) is 11.4 Å². The maximum atomic E-state index is 6.03. The van der Waals surface area contributed by atoms with Crippen LogP contribution in [0.4, 0.5) is 0 Å². The van der Waals surface area contributed by atoms with Crippen LogP contribution >= 0.6 is 11.6 Å². The predicted molar refractivity (Wildman–Crippen MR) is 66.9 cm³/mol. The first-order valence-electron chi connectivity index (χ1n) is 5.16. The molecule has 0 atom stereocenters. The molecule has 84 valence electrons. The lowest BCUT2D eigenvalue weighted by molar-refractivity contribution is 1.20. The number of aromatic amines is 1. The monoisotopic (exact) mass is 244 g/mol. The van der Waals surface area contributed by atoms with E-state index < -0.39 is 0 Å². The van der Waals surface area contributed by atoms with Crippen LogP contribution in [0.15, 0.2) is 30.7 Å². The first-order chi connectivity index (χ1) is 8.22. The number of halogens is 1. The van der Waals surface area contributed by atoms with Gasteiger partial charge >= 0.3 is 0 Å². The zero-order valence-corrected chi connectivity index (χ0v) is 9.86. The summed E-state index contributed by atoms with van der Waals surface area (Å²) < 4.78 is 0. The average Bonchev–Trinajstić information content (AvgIpc) is 2.71. The van der Waals surface area contributed by atoms with E-state index in [1.165, 1.54) is 6.33 Å². The van der Waals surface area contributed by atoms with Crippen LogP contribution in [0, 0.1) is 6.92 Å². The SMILES string of the molecule is Cc1cc(Cl)cc(-c2nc3ncncc3[nH]2)c1. The van der Waals surface area contributed by atoms with Gasteiger partial charge in [0.05, 0.1) is 6.20 Å². The van der Waals surface area contributed by atoms with E-state index in [0.717, 1.165) is 22.5 Å². The van der Waals surface area contributed by atoms with Gasteiger partial charge in [0.25, 0.3) is 0 Å². The van der Waals surface area contributed by atoms with Gasteiger partial charge in [0, 0.05) is 10.6 Å². The number of benzene rings is 1. The third kappa shape index (κ3) is 1.87. The number of hydrogen-bond acceptors (Lipinski definition) is 3. The van der Waals surface area contributed by atoms with Crippen molar-refractivity contribution in [2.24, 2.45) is 0 Å². The van der Waals surface area contributed by atoms with E-state index in [1.54, 1.807) is 6.20 Å². The minimum absolute atomic E-state index is 0.660. The number of imidazole rings is 1. The van der Waals surface area contributed by atoms with Gasteiger partial charge in [-0.25, -0.2) is 15.0 Å². The molecule has 0 aliphatic carbocycles. The van der Waals surface area contributed by atoms with E-state index in [4.69, 9.17) is 11.6 Å². The summed E-state index contributed by atoms with van der Waals surface area (Å²) in [5.41, 5.74) is 3.53. The van der Waals surface area contributed by atoms with Crippen molar-refractivity contribution in [2.75, 3.05) is 0 Å². The summed E-state index contributed by atoms with van der Waals surface area (Å²) >= 11 is 6.03. The number of nitrogens with zero attached hydrogens (tertiary/aromatic N) is 3. The Morgan fingerprint density at radius 2 is 2.12 bits per heavy atom. The molecule has 0 fully saturated rings. The first-order valence-corrected chi connectivity index (χ1v) is 5.53. The van der Waals surface area contributed by atoms with Crippen LogP contribution in [0.5, 0.6) is 0 Å². The topological polar surface area (TPSA) is 54.5 Å². The highest BCUT2D eigenvalue weighted by Gasteiger charge is 2.07. The van der Waals surface area contributed by atoms with Crippen molar-refractivity contribution >= 4 is 22.8 Å². The molecule has 0 radical (unpaired) electrons. The van der Waals surface area contributed by atoms with Gasteiger partial charge in [-0.15, -0.1) is 0 Å². The summed E-state index contributed by atoms with van der Waals surface area (Å²) in [5, 5.41) is 0.701. The summed E-state index contributed by atoms with van der Waals surface area (Å²) in [5.74, 6) is 0.756. The molecule has 1 aromatic carbocycles. The van der Waals surface area contributed by atoms with Gasteiger partial charge in [0.2, 0.25) is 0 Å². The molecule has 2 heterocycles. The summed E-state index contributed by atoms with van der Waals surface area (Å²) in [7, 11) is 0. The van der Waals surface area contributed by atoms with Crippen LogP contribution < -0.4 is 0 Å². The highest BCUT2D eigenvalue weighted by atomic mass is 35.5. The molecule has 1 N–H and O–H groups in total. The second-order valence-corrected chi connectivity index (χ2v) is 4.30. The highest BCUT2D eigenvalue weighted by Crippen LogP contribution is 2.23. The molecule has 0 unspecified atom stereocenters. The Bertz CT molecular complexity index is 637. The Morgan fingerprint density at radius 3 is 2.88 bits per heavy atom. The van der Waals surface area contributed by atoms with Gasteiger partial charge in [0.1, 0.15) is 17.7 Å². The van der Waals surface area contributed by atoms with Crippen molar-refractivity contribution in [3.63, 3.8) is 0 Å². The summed E-state index contributed by atoms with van der Waals surface area (Å²) in [6.07, 6.45) is 3.19. The third-order valence-corrected chi connectivity index (χ3v) is 2.70. The van der Waals surface area contributed by atoms with E-state index in [2.05, 4.69) is 19.9 Å². The van der Waals surface area contributed by atoms with Crippen LogP contribution in [0.25, 0.3) is 22.6 Å². The van der Waals surface area contributed by atoms with E-state index in [9.17, 15) is 0 Å². The largest absolute Gasteiger partial charge is 0.335 e. The van der Waals surface area contributed by atoms with Crippen molar-refractivity contribution in [1.82, 2.24) is 19.9 Å². The van der Waals surface area contributed by atoms with Crippen LogP contribution in [0.1, 0.15) is 5.56 Å². The maximum Gasteiger partial charge on any atom is 0.181 e. The molecule has 0 bridgehead atoms. The minimum atomic E-state index is 0.660. The molecule has 17 heavy (non-hydrogen) atoms. The Balaban J connectivity index is 2.20. The molecule has 0 aliphatic rings. The first kappa shape index (κ1) is 10.2. The van der Waals surface area contributed by atoms with Crippen LogP contribution in [0.2, 0.25) is 5.02 Å². The summed E-state index contributed by atoms with van der Waals surface area (Å²) in [6.45, 7) is 2.00. The molecule has 3 aromatic rings. The van der Waals surface area contributed by atoms with E-state index in [-0.39, 0.29) is 0 Å². The molecule has 2 aromatic heterocycles. The van der Waals surface area contributed by atoms with Gasteiger partial charge in [-0.2, -0.15) is 0 Å². The standard InChI is InChI=1S/C12H9ClN4/c1-7-2-8(4-9(13)3-7)11-16-10-5-14-6-15-12(10)17-11/h2-6H,1H3,(H,14,15,16,17). The van der Waals surface area contributed by atoms with Gasteiger partial charge in [-0.3, -0.25) is 0 Å². The smallest absolute Gasteiger partial charge is 0.181 e. The van der Waals surface area contributed by atoms with E-state index in [0.29, 0.717) is 10.7 Å². The van der Waals surface area contributed by atoms with E-state index in [1.807, 2.05) is 25.1 Å². The van der Waals surface area contributed by atoms with Gasteiger partial charge in [-0.05, 0) is 30.7 Å². The second-order valence-electron chi connectivity index (χ2n) is 3.86. The quantitative estimate of drug-likeness (QED) is 0.716. The highest BCUT2D eigenvalue weighted by molar-refractivity contribution is 6.30. The molecular weight excluding hydrogens is 236 g/mol. The molecule has 0 saturated heterocycles. The zero-order chi connectivity index (χ0) is 11.8. The fraction of sp³-hybridized carbons (Fsp3) is 0.0833. The molecule has 0 aliphatic heterocycles.